The fourth-order valence-electron chi connectivity index (χ4n) is 4.16. The summed E-state index contributed by atoms with van der Waals surface area (Å²) in [5.41, 5.74) is 0.541. The Kier molecular flexibility index (Phi) is 7.20. The fraction of sp³-hybridized carbons (Fsp3) is 0.348. The predicted molar refractivity (Wildman–Crippen MR) is 119 cm³/mol. The molecule has 0 radical (unpaired) electrons. The van der Waals surface area contributed by atoms with Gasteiger partial charge >= 0.3 is 5.97 Å². The van der Waals surface area contributed by atoms with Gasteiger partial charge in [-0.15, -0.1) is 0 Å². The maximum absolute atomic E-state index is 14.6. The van der Waals surface area contributed by atoms with Crippen molar-refractivity contribution in [1.29, 1.82) is 0 Å². The van der Waals surface area contributed by atoms with E-state index < -0.39 is 29.5 Å². The smallest absolute Gasteiger partial charge is 0.338 e. The van der Waals surface area contributed by atoms with Crippen molar-refractivity contribution in [2.24, 2.45) is 10.9 Å². The van der Waals surface area contributed by atoms with E-state index in [1.54, 1.807) is 0 Å². The van der Waals surface area contributed by atoms with E-state index in [1.165, 1.54) is 19.2 Å². The number of hydrogen-bond donors (Lipinski definition) is 2. The highest BCUT2D eigenvalue weighted by molar-refractivity contribution is 6.31. The molecule has 0 spiro atoms. The minimum absolute atomic E-state index is 0.0183. The van der Waals surface area contributed by atoms with Crippen molar-refractivity contribution in [3.05, 3.63) is 75.5 Å². The quantitative estimate of drug-likeness (QED) is 0.600. The molecule has 2 aliphatic heterocycles. The topological polar surface area (TPSA) is 87.0 Å². The van der Waals surface area contributed by atoms with Crippen molar-refractivity contribution < 1.29 is 27.8 Å². The second kappa shape index (κ2) is 10.1. The molecule has 1 aromatic carbocycles. The molecule has 2 aromatic rings. The normalized spacial score (nSPS) is 20.8. The molecule has 2 N–H and O–H groups in total. The first-order valence-corrected chi connectivity index (χ1v) is 10.9. The number of rotatable bonds is 6. The Labute approximate surface area is 198 Å². The Bertz CT molecular complexity index is 1170. The molecule has 34 heavy (non-hydrogen) atoms. The maximum Gasteiger partial charge on any atom is 0.338 e. The first-order chi connectivity index (χ1) is 16.3. The number of carbonyl (C=O) groups is 1. The van der Waals surface area contributed by atoms with Gasteiger partial charge in [0.2, 0.25) is 0 Å². The molecule has 2 aliphatic rings. The first-order valence-electron chi connectivity index (χ1n) is 10.6. The van der Waals surface area contributed by atoms with Crippen molar-refractivity contribution in [3.63, 3.8) is 0 Å². The van der Waals surface area contributed by atoms with E-state index >= 15 is 0 Å². The number of likely N-dealkylation sites (tertiary alicyclic amines) is 1. The summed E-state index contributed by atoms with van der Waals surface area (Å²) in [6, 6.07) is 3.27. The van der Waals surface area contributed by atoms with E-state index in [-0.39, 0.29) is 41.2 Å². The molecule has 0 aliphatic carbocycles. The Morgan fingerprint density at radius 2 is 2.09 bits per heavy atom. The standard InChI is InChI=1S/C23H22ClF3N4O3/c1-34-23(33)19-18(10-31-5-4-12(9-31)11-32)29-22(21-17(27)7-14(26)8-28-21)30-20(19)15-3-2-13(25)6-16(15)24/h2-3,6-8,12,20,32H,4-5,9-11H2,1H3,(H,29,30)/t12?,20-/m0/s1. The van der Waals surface area contributed by atoms with E-state index in [9.17, 15) is 23.1 Å². The van der Waals surface area contributed by atoms with Gasteiger partial charge in [0.05, 0.1) is 18.9 Å². The number of esters is 1. The molecule has 0 saturated carbocycles. The van der Waals surface area contributed by atoms with Crippen LogP contribution in [0.15, 0.2) is 46.7 Å². The van der Waals surface area contributed by atoms with Crippen LogP contribution < -0.4 is 5.32 Å². The van der Waals surface area contributed by atoms with E-state index in [1.807, 2.05) is 4.90 Å². The minimum atomic E-state index is -1.06. The van der Waals surface area contributed by atoms with Gasteiger partial charge in [-0.05, 0) is 31.0 Å². The van der Waals surface area contributed by atoms with Crippen LogP contribution in [0, 0.1) is 23.4 Å². The Hall–Kier alpha value is -2.95. The highest BCUT2D eigenvalue weighted by Crippen LogP contribution is 2.37. The van der Waals surface area contributed by atoms with Gasteiger partial charge in [0.25, 0.3) is 0 Å². The largest absolute Gasteiger partial charge is 0.466 e. The van der Waals surface area contributed by atoms with Crippen molar-refractivity contribution >= 4 is 23.4 Å². The third-order valence-electron chi connectivity index (χ3n) is 5.83. The second-order valence-electron chi connectivity index (χ2n) is 8.11. The summed E-state index contributed by atoms with van der Waals surface area (Å²) in [5, 5.41) is 12.5. The van der Waals surface area contributed by atoms with Crippen molar-refractivity contribution in [1.82, 2.24) is 15.2 Å². The number of methoxy groups -OCH3 is 1. The summed E-state index contributed by atoms with van der Waals surface area (Å²) in [4.78, 5) is 23.2. The van der Waals surface area contributed by atoms with E-state index in [0.29, 0.717) is 30.4 Å². The molecule has 0 bridgehead atoms. The van der Waals surface area contributed by atoms with Crippen molar-refractivity contribution in [2.75, 3.05) is 33.4 Å². The van der Waals surface area contributed by atoms with Crippen LogP contribution in [0.5, 0.6) is 0 Å². The summed E-state index contributed by atoms with van der Waals surface area (Å²) in [6.45, 7) is 1.53. The maximum atomic E-state index is 14.6. The van der Waals surface area contributed by atoms with Gasteiger partial charge in [0.1, 0.15) is 23.4 Å². The number of aliphatic hydroxyl groups is 1. The van der Waals surface area contributed by atoms with Crippen LogP contribution in [0.2, 0.25) is 5.02 Å². The lowest BCUT2D eigenvalue weighted by molar-refractivity contribution is -0.136. The average Bonchev–Trinajstić information content (AvgIpc) is 3.26. The van der Waals surface area contributed by atoms with E-state index in [4.69, 9.17) is 16.3 Å². The molecule has 0 amide bonds. The third-order valence-corrected chi connectivity index (χ3v) is 6.16. The Morgan fingerprint density at radius 3 is 2.74 bits per heavy atom. The van der Waals surface area contributed by atoms with Gasteiger partial charge in [0, 0.05) is 42.0 Å². The molecule has 2 atom stereocenters. The SMILES string of the molecule is COC(=O)C1=C(CN2CCC(CO)C2)NC(c2ncc(F)cc2F)=N[C@H]1c1ccc(F)cc1Cl. The highest BCUT2D eigenvalue weighted by Gasteiger charge is 2.35. The lowest BCUT2D eigenvalue weighted by Gasteiger charge is -2.30. The number of aliphatic hydroxyl groups excluding tert-OH is 1. The molecule has 1 fully saturated rings. The zero-order valence-electron chi connectivity index (χ0n) is 18.2. The number of ether oxygens (including phenoxy) is 1. The number of nitrogens with one attached hydrogen (secondary N) is 1. The fourth-order valence-corrected chi connectivity index (χ4v) is 4.43. The van der Waals surface area contributed by atoms with Crippen LogP contribution in [0.25, 0.3) is 0 Å². The van der Waals surface area contributed by atoms with Crippen molar-refractivity contribution in [2.45, 2.75) is 12.5 Å². The van der Waals surface area contributed by atoms with Crippen LogP contribution >= 0.6 is 11.6 Å². The highest BCUT2D eigenvalue weighted by atomic mass is 35.5. The molecule has 180 valence electrons. The number of hydrogen-bond acceptors (Lipinski definition) is 7. The molecular formula is C23H22ClF3N4O3. The van der Waals surface area contributed by atoms with Gasteiger partial charge in [-0.1, -0.05) is 17.7 Å². The number of amidine groups is 1. The molecule has 7 nitrogen and oxygen atoms in total. The number of halogens is 4. The van der Waals surface area contributed by atoms with E-state index in [0.717, 1.165) is 18.7 Å². The average molecular weight is 495 g/mol. The number of aromatic nitrogens is 1. The zero-order chi connectivity index (χ0) is 24.4. The zero-order valence-corrected chi connectivity index (χ0v) is 19.0. The number of carbonyl (C=O) groups excluding carboxylic acids is 1. The number of benzene rings is 1. The van der Waals surface area contributed by atoms with Crippen LogP contribution in [0.4, 0.5) is 13.2 Å². The summed E-state index contributed by atoms with van der Waals surface area (Å²) < 4.78 is 46.8. The van der Waals surface area contributed by atoms with Gasteiger partial charge in [-0.25, -0.2) is 22.9 Å². The van der Waals surface area contributed by atoms with Gasteiger partial charge < -0.3 is 15.2 Å². The van der Waals surface area contributed by atoms with Crippen molar-refractivity contribution in [3.8, 4) is 0 Å². The lowest BCUT2D eigenvalue weighted by atomic mass is 9.95. The minimum Gasteiger partial charge on any atom is -0.466 e. The third kappa shape index (κ3) is 4.94. The summed E-state index contributed by atoms with van der Waals surface area (Å²) in [6.07, 6.45) is 1.63. The van der Waals surface area contributed by atoms with Crippen LogP contribution in [0.1, 0.15) is 23.7 Å². The second-order valence-corrected chi connectivity index (χ2v) is 8.52. The van der Waals surface area contributed by atoms with Gasteiger partial charge in [-0.2, -0.15) is 0 Å². The Balaban J connectivity index is 1.83. The number of nitrogens with zero attached hydrogens (tertiary/aromatic N) is 3. The molecular weight excluding hydrogens is 473 g/mol. The predicted octanol–water partition coefficient (Wildman–Crippen LogP) is 2.98. The molecule has 1 aromatic heterocycles. The lowest BCUT2D eigenvalue weighted by Crippen LogP contribution is -2.39. The number of aliphatic imine (C=N–C) groups is 1. The molecule has 11 heteroatoms. The summed E-state index contributed by atoms with van der Waals surface area (Å²) in [7, 11) is 1.22. The first kappa shape index (κ1) is 24.2. The molecule has 1 saturated heterocycles. The van der Waals surface area contributed by atoms with Crippen LogP contribution in [0.3, 0.4) is 0 Å². The van der Waals surface area contributed by atoms with Gasteiger partial charge in [-0.3, -0.25) is 9.89 Å². The van der Waals surface area contributed by atoms with Crippen LogP contribution in [-0.4, -0.2) is 60.1 Å². The number of pyridine rings is 1. The summed E-state index contributed by atoms with van der Waals surface area (Å²) >= 11 is 6.30. The molecule has 3 heterocycles. The van der Waals surface area contributed by atoms with E-state index in [2.05, 4.69) is 15.3 Å². The molecule has 4 rings (SSSR count). The summed E-state index contributed by atoms with van der Waals surface area (Å²) in [5.74, 6) is -3.01. The van der Waals surface area contributed by atoms with Crippen LogP contribution in [-0.2, 0) is 9.53 Å². The molecule has 1 unspecified atom stereocenters. The monoisotopic (exact) mass is 494 g/mol. The Morgan fingerprint density at radius 1 is 1.29 bits per heavy atom. The van der Waals surface area contributed by atoms with Gasteiger partial charge in [0.15, 0.2) is 11.7 Å².